The molecule has 0 spiro atoms. The quantitative estimate of drug-likeness (QED) is 0.862. The van der Waals surface area contributed by atoms with Crippen LogP contribution in [0.1, 0.15) is 5.56 Å². The van der Waals surface area contributed by atoms with Crippen LogP contribution in [0.25, 0.3) is 0 Å². The molecule has 2 aromatic rings. The van der Waals surface area contributed by atoms with Gasteiger partial charge in [0.25, 0.3) is 0 Å². The molecule has 0 atom stereocenters. The Morgan fingerprint density at radius 3 is 2.78 bits per heavy atom. The number of nitrogens with zero attached hydrogens (tertiary/aromatic N) is 1. The number of rotatable bonds is 4. The Bertz CT molecular complexity index is 531. The molecule has 0 saturated carbocycles. The maximum Gasteiger partial charge on any atom is 0.130 e. The Kier molecular flexibility index (Phi) is 4.04. The lowest BCUT2D eigenvalue weighted by Gasteiger charge is -2.05. The normalized spacial score (nSPS) is 10.3. The Hall–Kier alpha value is -1.75. The number of nitrogen functional groups attached to an aromatic ring is 1. The van der Waals surface area contributed by atoms with Crippen LogP contribution >= 0.6 is 11.8 Å². The predicted octanol–water partition coefficient (Wildman–Crippen LogP) is 3.10. The first-order valence-corrected chi connectivity index (χ1v) is 6.34. The van der Waals surface area contributed by atoms with E-state index in [-0.39, 0.29) is 5.82 Å². The standard InChI is InChI=1S/C13H13FN2OS/c1-17-11-4-2-9(12(14)6-11)8-18-13-5-3-10(15)7-16-13/h2-7H,8,15H2,1H3. The summed E-state index contributed by atoms with van der Waals surface area (Å²) in [5, 5.41) is 0.819. The summed E-state index contributed by atoms with van der Waals surface area (Å²) < 4.78 is 18.6. The summed E-state index contributed by atoms with van der Waals surface area (Å²) in [6.07, 6.45) is 1.59. The second-order valence-electron chi connectivity index (χ2n) is 3.68. The Balaban J connectivity index is 2.04. The molecule has 0 aliphatic carbocycles. The zero-order valence-corrected chi connectivity index (χ0v) is 10.7. The molecule has 1 aromatic heterocycles. The van der Waals surface area contributed by atoms with Gasteiger partial charge in [0, 0.05) is 11.8 Å². The number of aromatic nitrogens is 1. The minimum Gasteiger partial charge on any atom is -0.497 e. The summed E-state index contributed by atoms with van der Waals surface area (Å²) >= 11 is 1.46. The van der Waals surface area contributed by atoms with Crippen LogP contribution in [0.5, 0.6) is 5.75 Å². The number of hydrogen-bond donors (Lipinski definition) is 1. The second kappa shape index (κ2) is 5.73. The van der Waals surface area contributed by atoms with Crippen molar-refractivity contribution in [3.8, 4) is 5.75 Å². The van der Waals surface area contributed by atoms with E-state index < -0.39 is 0 Å². The molecule has 3 nitrogen and oxygen atoms in total. The Morgan fingerprint density at radius 1 is 1.33 bits per heavy atom. The molecular formula is C13H13FN2OS. The van der Waals surface area contributed by atoms with Gasteiger partial charge in [0.15, 0.2) is 0 Å². The topological polar surface area (TPSA) is 48.1 Å². The molecule has 0 unspecified atom stereocenters. The predicted molar refractivity (Wildman–Crippen MR) is 71.2 cm³/mol. The average Bonchev–Trinajstić information content (AvgIpc) is 2.39. The van der Waals surface area contributed by atoms with Gasteiger partial charge in [0.1, 0.15) is 11.6 Å². The summed E-state index contributed by atoms with van der Waals surface area (Å²) in [4.78, 5) is 4.15. The second-order valence-corrected chi connectivity index (χ2v) is 4.67. The van der Waals surface area contributed by atoms with Gasteiger partial charge in [-0.25, -0.2) is 9.37 Å². The molecule has 0 fully saturated rings. The Morgan fingerprint density at radius 2 is 2.17 bits per heavy atom. The third-order valence-electron chi connectivity index (χ3n) is 2.40. The summed E-state index contributed by atoms with van der Waals surface area (Å²) in [7, 11) is 1.52. The molecule has 0 amide bonds. The molecule has 94 valence electrons. The van der Waals surface area contributed by atoms with Crippen molar-refractivity contribution in [2.75, 3.05) is 12.8 Å². The number of ether oxygens (including phenoxy) is 1. The first-order valence-electron chi connectivity index (χ1n) is 5.36. The number of thioether (sulfide) groups is 1. The van der Waals surface area contributed by atoms with E-state index in [1.807, 2.05) is 6.07 Å². The van der Waals surface area contributed by atoms with Gasteiger partial charge in [-0.15, -0.1) is 11.8 Å². The lowest BCUT2D eigenvalue weighted by molar-refractivity contribution is 0.411. The van der Waals surface area contributed by atoms with Crippen molar-refractivity contribution in [3.05, 3.63) is 47.9 Å². The van der Waals surface area contributed by atoms with E-state index in [0.29, 0.717) is 22.8 Å². The maximum absolute atomic E-state index is 13.7. The largest absolute Gasteiger partial charge is 0.497 e. The molecule has 2 rings (SSSR count). The van der Waals surface area contributed by atoms with Gasteiger partial charge in [0.05, 0.1) is 24.0 Å². The summed E-state index contributed by atoms with van der Waals surface area (Å²) in [6, 6.07) is 8.45. The average molecular weight is 264 g/mol. The van der Waals surface area contributed by atoms with Gasteiger partial charge in [0.2, 0.25) is 0 Å². The first kappa shape index (κ1) is 12.7. The van der Waals surface area contributed by atoms with E-state index in [2.05, 4.69) is 4.98 Å². The van der Waals surface area contributed by atoms with Crippen molar-refractivity contribution >= 4 is 17.4 Å². The number of pyridine rings is 1. The zero-order chi connectivity index (χ0) is 13.0. The van der Waals surface area contributed by atoms with Crippen molar-refractivity contribution in [2.45, 2.75) is 10.8 Å². The number of anilines is 1. The molecule has 1 heterocycles. The minimum absolute atomic E-state index is 0.266. The lowest BCUT2D eigenvalue weighted by atomic mass is 10.2. The van der Waals surface area contributed by atoms with Crippen LogP contribution in [0.2, 0.25) is 0 Å². The van der Waals surface area contributed by atoms with E-state index in [0.717, 1.165) is 5.03 Å². The van der Waals surface area contributed by atoms with Crippen LogP contribution in [-0.4, -0.2) is 12.1 Å². The highest BCUT2D eigenvalue weighted by Gasteiger charge is 2.05. The summed E-state index contributed by atoms with van der Waals surface area (Å²) in [6.45, 7) is 0. The van der Waals surface area contributed by atoms with E-state index in [1.54, 1.807) is 24.4 Å². The molecule has 0 bridgehead atoms. The van der Waals surface area contributed by atoms with Gasteiger partial charge in [-0.1, -0.05) is 6.07 Å². The van der Waals surface area contributed by atoms with Crippen LogP contribution in [0.15, 0.2) is 41.6 Å². The molecule has 5 heteroatoms. The highest BCUT2D eigenvalue weighted by Crippen LogP contribution is 2.24. The van der Waals surface area contributed by atoms with Crippen LogP contribution in [-0.2, 0) is 5.75 Å². The first-order chi connectivity index (χ1) is 8.69. The van der Waals surface area contributed by atoms with E-state index in [9.17, 15) is 4.39 Å². The number of benzene rings is 1. The molecule has 0 aliphatic rings. The van der Waals surface area contributed by atoms with Gasteiger partial charge >= 0.3 is 0 Å². The number of halogens is 1. The minimum atomic E-state index is -0.266. The van der Waals surface area contributed by atoms with Crippen LogP contribution in [0, 0.1) is 5.82 Å². The van der Waals surface area contributed by atoms with Crippen molar-refractivity contribution in [1.29, 1.82) is 0 Å². The summed E-state index contributed by atoms with van der Waals surface area (Å²) in [5.41, 5.74) is 6.79. The third-order valence-corrected chi connectivity index (χ3v) is 3.39. The SMILES string of the molecule is COc1ccc(CSc2ccc(N)cn2)c(F)c1. The van der Waals surface area contributed by atoms with Crippen LogP contribution < -0.4 is 10.5 Å². The lowest BCUT2D eigenvalue weighted by Crippen LogP contribution is -1.91. The van der Waals surface area contributed by atoms with Crippen molar-refractivity contribution in [3.63, 3.8) is 0 Å². The van der Waals surface area contributed by atoms with Crippen molar-refractivity contribution in [1.82, 2.24) is 4.98 Å². The number of hydrogen-bond acceptors (Lipinski definition) is 4. The van der Waals surface area contributed by atoms with Crippen LogP contribution in [0.3, 0.4) is 0 Å². The molecular weight excluding hydrogens is 251 g/mol. The maximum atomic E-state index is 13.7. The fourth-order valence-electron chi connectivity index (χ4n) is 1.40. The van der Waals surface area contributed by atoms with Crippen molar-refractivity contribution < 1.29 is 9.13 Å². The van der Waals surface area contributed by atoms with E-state index in [1.165, 1.54) is 24.9 Å². The Labute approximate surface area is 109 Å². The van der Waals surface area contributed by atoms with E-state index in [4.69, 9.17) is 10.5 Å². The van der Waals surface area contributed by atoms with Crippen molar-refractivity contribution in [2.24, 2.45) is 0 Å². The van der Waals surface area contributed by atoms with E-state index >= 15 is 0 Å². The molecule has 18 heavy (non-hydrogen) atoms. The number of methoxy groups -OCH3 is 1. The van der Waals surface area contributed by atoms with Gasteiger partial charge in [-0.05, 0) is 23.8 Å². The molecule has 0 aliphatic heterocycles. The monoisotopic (exact) mass is 264 g/mol. The highest BCUT2D eigenvalue weighted by molar-refractivity contribution is 7.98. The highest BCUT2D eigenvalue weighted by atomic mass is 32.2. The smallest absolute Gasteiger partial charge is 0.130 e. The zero-order valence-electron chi connectivity index (χ0n) is 9.89. The molecule has 0 saturated heterocycles. The molecule has 1 aromatic carbocycles. The summed E-state index contributed by atoms with van der Waals surface area (Å²) in [5.74, 6) is 0.774. The fourth-order valence-corrected chi connectivity index (χ4v) is 2.23. The molecule has 0 radical (unpaired) electrons. The van der Waals surface area contributed by atoms with Crippen LogP contribution in [0.4, 0.5) is 10.1 Å². The number of nitrogens with two attached hydrogens (primary N) is 1. The third kappa shape index (κ3) is 3.13. The fraction of sp³-hybridized carbons (Fsp3) is 0.154. The molecule has 2 N–H and O–H groups in total. The van der Waals surface area contributed by atoms with Gasteiger partial charge in [-0.2, -0.15) is 0 Å². The van der Waals surface area contributed by atoms with Gasteiger partial charge < -0.3 is 10.5 Å². The van der Waals surface area contributed by atoms with Gasteiger partial charge in [-0.3, -0.25) is 0 Å².